The average molecular weight is 562 g/mol. The molecule has 194 valence electrons. The van der Waals surface area contributed by atoms with Gasteiger partial charge in [-0.05, 0) is 54.8 Å². The van der Waals surface area contributed by atoms with Crippen LogP contribution in [0.4, 0.5) is 13.2 Å². The van der Waals surface area contributed by atoms with Gasteiger partial charge in [0.1, 0.15) is 0 Å². The number of nitrogens with zero attached hydrogens (tertiary/aromatic N) is 1. The molecule has 0 spiro atoms. The van der Waals surface area contributed by atoms with Crippen molar-refractivity contribution in [1.82, 2.24) is 3.71 Å². The molecule has 1 unspecified atom stereocenters. The highest BCUT2D eigenvalue weighted by Crippen LogP contribution is 2.36. The second kappa shape index (κ2) is 11.7. The van der Waals surface area contributed by atoms with Gasteiger partial charge in [0, 0.05) is 18.2 Å². The molecule has 12 heteroatoms. The van der Waals surface area contributed by atoms with E-state index in [4.69, 9.17) is 16.3 Å². The number of hydrogen-bond acceptors (Lipinski definition) is 5. The van der Waals surface area contributed by atoms with Crippen molar-refractivity contribution in [2.24, 2.45) is 0 Å². The Bertz CT molecular complexity index is 1270. The molecule has 3 rings (SSSR count). The monoisotopic (exact) mass is 561 g/mol. The van der Waals surface area contributed by atoms with Crippen molar-refractivity contribution in [1.29, 1.82) is 0 Å². The van der Waals surface area contributed by atoms with Crippen LogP contribution in [0.1, 0.15) is 24.5 Å². The summed E-state index contributed by atoms with van der Waals surface area (Å²) in [6, 6.07) is 19.2. The Morgan fingerprint density at radius 3 is 1.67 bits per heavy atom. The number of halogens is 4. The van der Waals surface area contributed by atoms with Gasteiger partial charge in [-0.2, -0.15) is 13.2 Å². The lowest BCUT2D eigenvalue weighted by Crippen LogP contribution is -2.37. The van der Waals surface area contributed by atoms with Crippen LogP contribution in [-0.4, -0.2) is 39.9 Å². The standard InChI is InChI=1S/C24H23ClF3NO5S2/c25-20-15-13-19(14-16-20)23(24(26,27)28)34-18-8-7-17-29(35(30,31)21-9-3-1-4-10-21)36(32,33)22-11-5-2-6-12-22/h1-6,9-16,23H,7-8,17-18H2. The number of alkyl halides is 3. The summed E-state index contributed by atoms with van der Waals surface area (Å²) in [7, 11) is -8.94. The highest BCUT2D eigenvalue weighted by Gasteiger charge is 2.42. The van der Waals surface area contributed by atoms with Crippen LogP contribution in [0.25, 0.3) is 0 Å². The SMILES string of the molecule is O=S(=O)(c1ccccc1)N(CCCCOC(c1ccc(Cl)cc1)C(F)(F)F)S(=O)(=O)c1ccccc1. The Morgan fingerprint density at radius 2 is 1.22 bits per heavy atom. The van der Waals surface area contributed by atoms with Crippen molar-refractivity contribution in [3.05, 3.63) is 95.5 Å². The zero-order valence-corrected chi connectivity index (χ0v) is 21.2. The molecule has 3 aromatic carbocycles. The zero-order chi connectivity index (χ0) is 26.4. The largest absolute Gasteiger partial charge is 0.418 e. The summed E-state index contributed by atoms with van der Waals surface area (Å²) in [5, 5.41) is 0.277. The molecule has 0 N–H and O–H groups in total. The van der Waals surface area contributed by atoms with Gasteiger partial charge in [-0.1, -0.05) is 63.8 Å². The number of benzene rings is 3. The van der Waals surface area contributed by atoms with Crippen LogP contribution >= 0.6 is 11.6 Å². The molecule has 0 aromatic heterocycles. The highest BCUT2D eigenvalue weighted by molar-refractivity contribution is 8.04. The van der Waals surface area contributed by atoms with E-state index < -0.39 is 38.9 Å². The Hall–Kier alpha value is -2.44. The molecule has 0 amide bonds. The van der Waals surface area contributed by atoms with Gasteiger partial charge in [0.2, 0.25) is 0 Å². The van der Waals surface area contributed by atoms with Gasteiger partial charge >= 0.3 is 6.18 Å². The molecule has 0 saturated carbocycles. The maximum Gasteiger partial charge on any atom is 0.418 e. The van der Waals surface area contributed by atoms with Crippen LogP contribution in [0.5, 0.6) is 0 Å². The second-order valence-electron chi connectivity index (χ2n) is 7.68. The van der Waals surface area contributed by atoms with E-state index in [2.05, 4.69) is 0 Å². The van der Waals surface area contributed by atoms with Crippen molar-refractivity contribution in [2.45, 2.75) is 34.9 Å². The van der Waals surface area contributed by atoms with Gasteiger partial charge in [-0.3, -0.25) is 0 Å². The number of sulfonamides is 2. The van der Waals surface area contributed by atoms with Gasteiger partial charge in [-0.15, -0.1) is 0 Å². The average Bonchev–Trinajstić information content (AvgIpc) is 2.84. The van der Waals surface area contributed by atoms with E-state index in [9.17, 15) is 30.0 Å². The Balaban J connectivity index is 1.75. The normalized spacial score (nSPS) is 13.6. The molecule has 36 heavy (non-hydrogen) atoms. The van der Waals surface area contributed by atoms with Crippen LogP contribution < -0.4 is 0 Å². The molecule has 6 nitrogen and oxygen atoms in total. The summed E-state index contributed by atoms with van der Waals surface area (Å²) in [5.74, 6) is 0. The fourth-order valence-electron chi connectivity index (χ4n) is 3.35. The van der Waals surface area contributed by atoms with E-state index in [1.54, 1.807) is 12.1 Å². The third-order valence-electron chi connectivity index (χ3n) is 5.11. The van der Waals surface area contributed by atoms with E-state index in [1.165, 1.54) is 72.8 Å². The predicted octanol–water partition coefficient (Wildman–Crippen LogP) is 5.82. The number of hydrogen-bond donors (Lipinski definition) is 0. The maximum atomic E-state index is 13.5. The van der Waals surface area contributed by atoms with E-state index in [-0.39, 0.29) is 39.8 Å². The van der Waals surface area contributed by atoms with E-state index in [1.807, 2.05) is 0 Å². The fraction of sp³-hybridized carbons (Fsp3) is 0.250. The van der Waals surface area contributed by atoms with Gasteiger partial charge in [-0.25, -0.2) is 16.8 Å². The lowest BCUT2D eigenvalue weighted by molar-refractivity contribution is -0.224. The van der Waals surface area contributed by atoms with Crippen LogP contribution in [0.3, 0.4) is 0 Å². The summed E-state index contributed by atoms with van der Waals surface area (Å²) in [6.07, 6.45) is -6.98. The van der Waals surface area contributed by atoms with Crippen LogP contribution in [-0.2, 0) is 24.8 Å². The minimum Gasteiger partial charge on any atom is -0.364 e. The summed E-state index contributed by atoms with van der Waals surface area (Å²) in [6.45, 7) is -0.854. The molecule has 0 aliphatic carbocycles. The van der Waals surface area contributed by atoms with E-state index in [0.29, 0.717) is 3.71 Å². The van der Waals surface area contributed by atoms with Gasteiger partial charge in [0.25, 0.3) is 20.0 Å². The predicted molar refractivity (Wildman–Crippen MR) is 129 cm³/mol. The van der Waals surface area contributed by atoms with Crippen LogP contribution in [0.2, 0.25) is 5.02 Å². The van der Waals surface area contributed by atoms with E-state index in [0.717, 1.165) is 0 Å². The lowest BCUT2D eigenvalue weighted by atomic mass is 10.1. The van der Waals surface area contributed by atoms with Crippen molar-refractivity contribution in [3.8, 4) is 0 Å². The summed E-state index contributed by atoms with van der Waals surface area (Å²) >= 11 is 5.74. The first-order chi connectivity index (χ1) is 16.9. The van der Waals surface area contributed by atoms with Crippen LogP contribution in [0.15, 0.2) is 94.7 Å². The number of ether oxygens (including phenoxy) is 1. The lowest BCUT2D eigenvalue weighted by Gasteiger charge is -2.23. The molecule has 0 bridgehead atoms. The Kier molecular flexibility index (Phi) is 9.18. The molecule has 0 fully saturated rings. The third-order valence-corrected chi connectivity index (χ3v) is 9.71. The molecule has 0 saturated heterocycles. The molecule has 1 atom stereocenters. The maximum absolute atomic E-state index is 13.5. The molecule has 0 aliphatic rings. The first-order valence-corrected chi connectivity index (χ1v) is 14.0. The van der Waals surface area contributed by atoms with Crippen molar-refractivity contribution >= 4 is 31.6 Å². The quantitative estimate of drug-likeness (QED) is 0.276. The highest BCUT2D eigenvalue weighted by atomic mass is 35.5. The zero-order valence-electron chi connectivity index (χ0n) is 18.8. The molecule has 3 aromatic rings. The Labute approximate surface area is 213 Å². The minimum atomic E-state index is -4.69. The van der Waals surface area contributed by atoms with Crippen molar-refractivity contribution in [2.75, 3.05) is 13.2 Å². The molecular formula is C24H23ClF3NO5S2. The Morgan fingerprint density at radius 1 is 0.750 bits per heavy atom. The summed E-state index contributed by atoms with van der Waals surface area (Å²) < 4.78 is 98.9. The molecular weight excluding hydrogens is 539 g/mol. The van der Waals surface area contributed by atoms with E-state index >= 15 is 0 Å². The van der Waals surface area contributed by atoms with Gasteiger partial charge in [0.15, 0.2) is 6.10 Å². The summed E-state index contributed by atoms with van der Waals surface area (Å²) in [5.41, 5.74) is -0.133. The second-order valence-corrected chi connectivity index (χ2v) is 12.1. The molecule has 0 heterocycles. The smallest absolute Gasteiger partial charge is 0.364 e. The topological polar surface area (TPSA) is 80.8 Å². The van der Waals surface area contributed by atoms with Crippen LogP contribution in [0, 0.1) is 0 Å². The van der Waals surface area contributed by atoms with Gasteiger partial charge < -0.3 is 4.74 Å². The number of rotatable bonds is 11. The first kappa shape index (κ1) is 28.1. The first-order valence-electron chi connectivity index (χ1n) is 10.8. The van der Waals surface area contributed by atoms with Crippen molar-refractivity contribution in [3.63, 3.8) is 0 Å². The van der Waals surface area contributed by atoms with Gasteiger partial charge in [0.05, 0.1) is 9.79 Å². The molecule has 0 aliphatic heterocycles. The number of unbranched alkanes of at least 4 members (excludes halogenated alkanes) is 1. The fourth-order valence-corrected chi connectivity index (χ4v) is 7.24. The third kappa shape index (κ3) is 6.86. The minimum absolute atomic E-state index is 0.0225. The van der Waals surface area contributed by atoms with Crippen molar-refractivity contribution < 1.29 is 34.7 Å². The summed E-state index contributed by atoms with van der Waals surface area (Å²) in [4.78, 5) is -0.443. The molecule has 0 radical (unpaired) electrons.